The third-order valence-corrected chi connectivity index (χ3v) is 3.24. The molecule has 1 aromatic carbocycles. The molecule has 6 heteroatoms. The summed E-state index contributed by atoms with van der Waals surface area (Å²) in [7, 11) is 0. The maximum Gasteiger partial charge on any atom is 0.305 e. The predicted octanol–water partition coefficient (Wildman–Crippen LogP) is 1.61. The zero-order valence-electron chi connectivity index (χ0n) is 10.2. The largest absolute Gasteiger partial charge is 0.507 e. The number of carbonyl (C=O) groups excluding carboxylic acids is 1. The van der Waals surface area contributed by atoms with Gasteiger partial charge in [0.25, 0.3) is 5.91 Å². The van der Waals surface area contributed by atoms with Crippen molar-refractivity contribution >= 4 is 11.9 Å². The third kappa shape index (κ3) is 2.83. The standard InChI is InChI=1S/C13H14FNO4/c14-8-3-4-10(11(16)6-8)13(19)15-5-1-2-9(15)7-12(17)18/h3-4,6,9,16H,1-2,5,7H2,(H,17,18). The number of aliphatic carboxylic acids is 1. The highest BCUT2D eigenvalue weighted by molar-refractivity contribution is 5.97. The fourth-order valence-electron chi connectivity index (χ4n) is 2.36. The van der Waals surface area contributed by atoms with Gasteiger partial charge >= 0.3 is 5.97 Å². The number of amides is 1. The molecule has 0 aromatic heterocycles. The molecule has 1 amide bonds. The second kappa shape index (κ2) is 5.26. The Kier molecular flexibility index (Phi) is 3.69. The summed E-state index contributed by atoms with van der Waals surface area (Å²) in [6.07, 6.45) is 1.24. The van der Waals surface area contributed by atoms with Gasteiger partial charge in [-0.3, -0.25) is 9.59 Å². The normalized spacial score (nSPS) is 18.6. The van der Waals surface area contributed by atoms with Crippen molar-refractivity contribution in [3.8, 4) is 5.75 Å². The lowest BCUT2D eigenvalue weighted by Crippen LogP contribution is -2.36. The molecule has 1 aliphatic heterocycles. The van der Waals surface area contributed by atoms with Gasteiger partial charge in [0.05, 0.1) is 12.0 Å². The second-order valence-electron chi connectivity index (χ2n) is 4.55. The molecule has 1 heterocycles. The van der Waals surface area contributed by atoms with Gasteiger partial charge in [0.2, 0.25) is 0 Å². The van der Waals surface area contributed by atoms with E-state index in [4.69, 9.17) is 5.11 Å². The quantitative estimate of drug-likeness (QED) is 0.872. The minimum absolute atomic E-state index is 0.00121. The van der Waals surface area contributed by atoms with Crippen molar-refractivity contribution in [1.29, 1.82) is 0 Å². The lowest BCUT2D eigenvalue weighted by atomic mass is 10.1. The van der Waals surface area contributed by atoms with E-state index in [-0.39, 0.29) is 18.0 Å². The van der Waals surface area contributed by atoms with Crippen LogP contribution in [-0.4, -0.2) is 39.6 Å². The Bertz CT molecular complexity index is 517. The van der Waals surface area contributed by atoms with E-state index >= 15 is 0 Å². The molecule has 0 bridgehead atoms. The van der Waals surface area contributed by atoms with E-state index in [9.17, 15) is 19.1 Å². The summed E-state index contributed by atoms with van der Waals surface area (Å²) in [6, 6.07) is 2.81. The molecule has 0 saturated carbocycles. The monoisotopic (exact) mass is 267 g/mol. The molecule has 0 aliphatic carbocycles. The number of carboxylic acid groups (broad SMARTS) is 1. The van der Waals surface area contributed by atoms with Crippen molar-refractivity contribution in [2.24, 2.45) is 0 Å². The first-order valence-electron chi connectivity index (χ1n) is 6.00. The van der Waals surface area contributed by atoms with Gasteiger partial charge in [-0.2, -0.15) is 0 Å². The first kappa shape index (κ1) is 13.3. The summed E-state index contributed by atoms with van der Waals surface area (Å²) in [5, 5.41) is 18.4. The van der Waals surface area contributed by atoms with E-state index in [1.165, 1.54) is 11.0 Å². The molecule has 1 aliphatic rings. The van der Waals surface area contributed by atoms with E-state index in [0.29, 0.717) is 13.0 Å². The van der Waals surface area contributed by atoms with Gasteiger partial charge < -0.3 is 15.1 Å². The minimum atomic E-state index is -0.965. The van der Waals surface area contributed by atoms with Crippen LogP contribution in [0.4, 0.5) is 4.39 Å². The molecule has 0 spiro atoms. The fourth-order valence-corrected chi connectivity index (χ4v) is 2.36. The van der Waals surface area contributed by atoms with Gasteiger partial charge in [-0.15, -0.1) is 0 Å². The molecule has 19 heavy (non-hydrogen) atoms. The van der Waals surface area contributed by atoms with Crippen LogP contribution in [0.1, 0.15) is 29.6 Å². The van der Waals surface area contributed by atoms with Crippen LogP contribution in [0.15, 0.2) is 18.2 Å². The molecular weight excluding hydrogens is 253 g/mol. The molecule has 1 aromatic rings. The Morgan fingerprint density at radius 3 is 2.79 bits per heavy atom. The highest BCUT2D eigenvalue weighted by Crippen LogP contribution is 2.26. The van der Waals surface area contributed by atoms with Crippen LogP contribution in [0, 0.1) is 5.82 Å². The Morgan fingerprint density at radius 2 is 2.16 bits per heavy atom. The molecule has 5 nitrogen and oxygen atoms in total. The van der Waals surface area contributed by atoms with Gasteiger partial charge in [0, 0.05) is 18.7 Å². The van der Waals surface area contributed by atoms with Gasteiger partial charge in [0.15, 0.2) is 0 Å². The molecule has 1 atom stereocenters. The van der Waals surface area contributed by atoms with E-state index in [0.717, 1.165) is 18.6 Å². The number of phenolic OH excluding ortho intramolecular Hbond substituents is 1. The number of rotatable bonds is 3. The van der Waals surface area contributed by atoms with Gasteiger partial charge in [0.1, 0.15) is 11.6 Å². The molecule has 2 N–H and O–H groups in total. The predicted molar refractivity (Wildman–Crippen MR) is 64.4 cm³/mol. The highest BCUT2D eigenvalue weighted by atomic mass is 19.1. The van der Waals surface area contributed by atoms with Crippen LogP contribution >= 0.6 is 0 Å². The smallest absolute Gasteiger partial charge is 0.305 e. The SMILES string of the molecule is O=C(O)CC1CCCN1C(=O)c1ccc(F)cc1O. The first-order valence-corrected chi connectivity index (χ1v) is 6.00. The van der Waals surface area contributed by atoms with E-state index in [1.807, 2.05) is 0 Å². The number of aromatic hydroxyl groups is 1. The lowest BCUT2D eigenvalue weighted by Gasteiger charge is -2.23. The van der Waals surface area contributed by atoms with Crippen molar-refractivity contribution in [1.82, 2.24) is 4.90 Å². The third-order valence-electron chi connectivity index (χ3n) is 3.24. The summed E-state index contributed by atoms with van der Waals surface area (Å²) in [4.78, 5) is 24.4. The number of likely N-dealkylation sites (tertiary alicyclic amines) is 1. The molecule has 2 rings (SSSR count). The number of carbonyl (C=O) groups is 2. The van der Waals surface area contributed by atoms with Gasteiger partial charge in [-0.1, -0.05) is 0 Å². The van der Waals surface area contributed by atoms with Gasteiger partial charge in [-0.05, 0) is 25.0 Å². The van der Waals surface area contributed by atoms with Crippen LogP contribution in [0.25, 0.3) is 0 Å². The van der Waals surface area contributed by atoms with Crippen molar-refractivity contribution in [2.45, 2.75) is 25.3 Å². The number of hydrogen-bond acceptors (Lipinski definition) is 3. The molecular formula is C13H14FNO4. The summed E-state index contributed by atoms with van der Waals surface area (Å²) in [6.45, 7) is 0.452. The summed E-state index contributed by atoms with van der Waals surface area (Å²) in [5.41, 5.74) is -0.00121. The Morgan fingerprint density at radius 1 is 1.42 bits per heavy atom. The maximum absolute atomic E-state index is 12.9. The topological polar surface area (TPSA) is 77.8 Å². The van der Waals surface area contributed by atoms with E-state index in [1.54, 1.807) is 0 Å². The minimum Gasteiger partial charge on any atom is -0.507 e. The molecule has 1 fully saturated rings. The van der Waals surface area contributed by atoms with Crippen LogP contribution in [0.3, 0.4) is 0 Å². The number of benzene rings is 1. The Labute approximate surface area is 109 Å². The van der Waals surface area contributed by atoms with Crippen LogP contribution in [0.5, 0.6) is 5.75 Å². The summed E-state index contributed by atoms with van der Waals surface area (Å²) >= 11 is 0. The highest BCUT2D eigenvalue weighted by Gasteiger charge is 2.31. The number of hydrogen-bond donors (Lipinski definition) is 2. The van der Waals surface area contributed by atoms with Gasteiger partial charge in [-0.25, -0.2) is 4.39 Å². The number of nitrogens with zero attached hydrogens (tertiary/aromatic N) is 1. The zero-order chi connectivity index (χ0) is 14.0. The molecule has 1 unspecified atom stereocenters. The first-order chi connectivity index (χ1) is 8.99. The lowest BCUT2D eigenvalue weighted by molar-refractivity contribution is -0.137. The Balaban J connectivity index is 2.20. The zero-order valence-corrected chi connectivity index (χ0v) is 10.2. The van der Waals surface area contributed by atoms with Crippen molar-refractivity contribution in [3.05, 3.63) is 29.6 Å². The maximum atomic E-state index is 12.9. The molecule has 102 valence electrons. The van der Waals surface area contributed by atoms with Crippen molar-refractivity contribution < 1.29 is 24.2 Å². The van der Waals surface area contributed by atoms with Crippen LogP contribution in [-0.2, 0) is 4.79 Å². The fraction of sp³-hybridized carbons (Fsp3) is 0.385. The van der Waals surface area contributed by atoms with E-state index in [2.05, 4.69) is 0 Å². The van der Waals surface area contributed by atoms with Crippen molar-refractivity contribution in [2.75, 3.05) is 6.54 Å². The Hall–Kier alpha value is -2.11. The number of phenols is 1. The van der Waals surface area contributed by atoms with E-state index < -0.39 is 23.4 Å². The second-order valence-corrected chi connectivity index (χ2v) is 4.55. The molecule has 0 radical (unpaired) electrons. The van der Waals surface area contributed by atoms with Crippen LogP contribution in [0.2, 0.25) is 0 Å². The number of halogens is 1. The molecule has 1 saturated heterocycles. The summed E-state index contributed by atoms with van der Waals surface area (Å²) < 4.78 is 12.9. The summed E-state index contributed by atoms with van der Waals surface area (Å²) in [5.74, 6) is -2.47. The average Bonchev–Trinajstić information content (AvgIpc) is 2.75. The van der Waals surface area contributed by atoms with Crippen LogP contribution < -0.4 is 0 Å². The number of carboxylic acids is 1. The average molecular weight is 267 g/mol. The van der Waals surface area contributed by atoms with Crippen molar-refractivity contribution in [3.63, 3.8) is 0 Å².